The third kappa shape index (κ3) is 1.90. The lowest BCUT2D eigenvalue weighted by molar-refractivity contribution is -0.146. The van der Waals surface area contributed by atoms with Crippen LogP contribution in [0, 0.1) is 5.41 Å². The molecule has 1 aromatic rings. The van der Waals surface area contributed by atoms with Crippen LogP contribution in [0.15, 0.2) is 18.2 Å². The van der Waals surface area contributed by atoms with E-state index in [1.807, 2.05) is 18.2 Å². The lowest BCUT2D eigenvalue weighted by Gasteiger charge is -2.20. The maximum absolute atomic E-state index is 11.1. The van der Waals surface area contributed by atoms with E-state index in [9.17, 15) is 4.79 Å². The Morgan fingerprint density at radius 2 is 2.25 bits per heavy atom. The van der Waals surface area contributed by atoms with Gasteiger partial charge in [-0.15, -0.1) is 0 Å². The Kier molecular flexibility index (Phi) is 2.62. The normalized spacial score (nSPS) is 14.4. The number of rotatable bonds is 3. The average Bonchev–Trinajstić information content (AvgIpc) is 2.65. The summed E-state index contributed by atoms with van der Waals surface area (Å²) in [5, 5.41) is 9.11. The van der Waals surface area contributed by atoms with Gasteiger partial charge in [0.1, 0.15) is 5.75 Å². The first-order valence-electron chi connectivity index (χ1n) is 5.48. The van der Waals surface area contributed by atoms with E-state index < -0.39 is 11.4 Å². The van der Waals surface area contributed by atoms with Crippen LogP contribution in [0.3, 0.4) is 0 Å². The summed E-state index contributed by atoms with van der Waals surface area (Å²) < 4.78 is 5.56. The number of para-hydroxylation sites is 1. The molecule has 1 aliphatic heterocycles. The second-order valence-electron chi connectivity index (χ2n) is 4.87. The number of hydrogen-bond donors (Lipinski definition) is 1. The highest BCUT2D eigenvalue weighted by molar-refractivity contribution is 5.74. The number of aliphatic carboxylic acids is 1. The molecule has 1 N–H and O–H groups in total. The van der Waals surface area contributed by atoms with Crippen LogP contribution in [0.4, 0.5) is 0 Å². The molecule has 0 fully saturated rings. The maximum Gasteiger partial charge on any atom is 0.309 e. The van der Waals surface area contributed by atoms with E-state index in [0.29, 0.717) is 13.0 Å². The SMILES string of the molecule is CC(C)(Cc1cccc2c1OCC2)C(=O)O. The van der Waals surface area contributed by atoms with E-state index >= 15 is 0 Å². The summed E-state index contributed by atoms with van der Waals surface area (Å²) in [6.07, 6.45) is 1.43. The monoisotopic (exact) mass is 220 g/mol. The molecule has 3 heteroatoms. The Morgan fingerprint density at radius 3 is 2.94 bits per heavy atom. The van der Waals surface area contributed by atoms with Gasteiger partial charge in [0, 0.05) is 6.42 Å². The molecule has 1 aliphatic rings. The van der Waals surface area contributed by atoms with Gasteiger partial charge < -0.3 is 9.84 Å². The smallest absolute Gasteiger partial charge is 0.309 e. The van der Waals surface area contributed by atoms with E-state index in [4.69, 9.17) is 9.84 Å². The Labute approximate surface area is 95.0 Å². The molecule has 0 atom stereocenters. The quantitative estimate of drug-likeness (QED) is 0.850. The highest BCUT2D eigenvalue weighted by Crippen LogP contribution is 2.33. The van der Waals surface area contributed by atoms with Gasteiger partial charge >= 0.3 is 5.97 Å². The Morgan fingerprint density at radius 1 is 1.50 bits per heavy atom. The second kappa shape index (κ2) is 3.81. The van der Waals surface area contributed by atoms with Crippen molar-refractivity contribution < 1.29 is 14.6 Å². The molecule has 0 spiro atoms. The minimum atomic E-state index is -0.775. The van der Waals surface area contributed by atoms with Gasteiger partial charge in [-0.3, -0.25) is 4.79 Å². The van der Waals surface area contributed by atoms with Crippen LogP contribution >= 0.6 is 0 Å². The van der Waals surface area contributed by atoms with Crippen LogP contribution in [0.5, 0.6) is 5.75 Å². The number of ether oxygens (including phenoxy) is 1. The molecule has 16 heavy (non-hydrogen) atoms. The molecular weight excluding hydrogens is 204 g/mol. The molecule has 3 nitrogen and oxygen atoms in total. The zero-order valence-corrected chi connectivity index (χ0v) is 9.62. The summed E-state index contributed by atoms with van der Waals surface area (Å²) in [4.78, 5) is 11.1. The van der Waals surface area contributed by atoms with Crippen molar-refractivity contribution in [3.05, 3.63) is 29.3 Å². The number of carboxylic acids is 1. The molecule has 0 bridgehead atoms. The maximum atomic E-state index is 11.1. The molecule has 0 saturated carbocycles. The summed E-state index contributed by atoms with van der Waals surface area (Å²) in [5.41, 5.74) is 1.45. The second-order valence-corrected chi connectivity index (χ2v) is 4.87. The highest BCUT2D eigenvalue weighted by Gasteiger charge is 2.29. The van der Waals surface area contributed by atoms with Crippen molar-refractivity contribution in [1.29, 1.82) is 0 Å². The standard InChI is InChI=1S/C13H16O3/c1-13(2,12(14)15)8-10-5-3-4-9-6-7-16-11(9)10/h3-5H,6-8H2,1-2H3,(H,14,15). The molecule has 0 radical (unpaired) electrons. The zero-order valence-electron chi connectivity index (χ0n) is 9.62. The minimum Gasteiger partial charge on any atom is -0.493 e. The number of benzene rings is 1. The molecule has 2 rings (SSSR count). The Balaban J connectivity index is 2.29. The van der Waals surface area contributed by atoms with Crippen molar-refractivity contribution in [3.8, 4) is 5.75 Å². The van der Waals surface area contributed by atoms with Crippen LogP contribution in [-0.2, 0) is 17.6 Å². The topological polar surface area (TPSA) is 46.5 Å². The fourth-order valence-electron chi connectivity index (χ4n) is 1.97. The van der Waals surface area contributed by atoms with Gasteiger partial charge in [0.2, 0.25) is 0 Å². The first-order chi connectivity index (χ1) is 7.50. The number of carboxylic acid groups (broad SMARTS) is 1. The Hall–Kier alpha value is -1.51. The van der Waals surface area contributed by atoms with Crippen LogP contribution in [0.2, 0.25) is 0 Å². The Bertz CT molecular complexity index is 421. The molecule has 1 heterocycles. The number of carbonyl (C=O) groups is 1. The number of hydrogen-bond acceptors (Lipinski definition) is 2. The first kappa shape index (κ1) is 11.0. The number of fused-ring (bicyclic) bond motifs is 1. The average molecular weight is 220 g/mol. The summed E-state index contributed by atoms with van der Waals surface area (Å²) in [6.45, 7) is 4.19. The van der Waals surface area contributed by atoms with Crippen molar-refractivity contribution in [3.63, 3.8) is 0 Å². The lowest BCUT2D eigenvalue weighted by atomic mass is 9.85. The van der Waals surface area contributed by atoms with Crippen molar-refractivity contribution in [2.24, 2.45) is 5.41 Å². The van der Waals surface area contributed by atoms with E-state index in [0.717, 1.165) is 17.7 Å². The van der Waals surface area contributed by atoms with Gasteiger partial charge in [-0.2, -0.15) is 0 Å². The molecule has 0 amide bonds. The largest absolute Gasteiger partial charge is 0.493 e. The van der Waals surface area contributed by atoms with E-state index in [-0.39, 0.29) is 0 Å². The summed E-state index contributed by atoms with van der Waals surface area (Å²) >= 11 is 0. The van der Waals surface area contributed by atoms with Crippen molar-refractivity contribution >= 4 is 5.97 Å². The summed E-state index contributed by atoms with van der Waals surface area (Å²) in [5.74, 6) is 0.125. The third-order valence-electron chi connectivity index (χ3n) is 3.01. The van der Waals surface area contributed by atoms with Crippen LogP contribution in [0.1, 0.15) is 25.0 Å². The van der Waals surface area contributed by atoms with Crippen molar-refractivity contribution in [2.75, 3.05) is 6.61 Å². The molecular formula is C13H16O3. The summed E-state index contributed by atoms with van der Waals surface area (Å²) in [7, 11) is 0. The van der Waals surface area contributed by atoms with E-state index in [1.54, 1.807) is 13.8 Å². The molecule has 1 aromatic carbocycles. The van der Waals surface area contributed by atoms with Gasteiger partial charge in [-0.1, -0.05) is 18.2 Å². The molecule has 0 aromatic heterocycles. The van der Waals surface area contributed by atoms with Gasteiger partial charge in [-0.05, 0) is 31.4 Å². The fourth-order valence-corrected chi connectivity index (χ4v) is 1.97. The van der Waals surface area contributed by atoms with E-state index in [2.05, 4.69) is 0 Å². The minimum absolute atomic E-state index is 0.505. The lowest BCUT2D eigenvalue weighted by Crippen LogP contribution is -2.26. The van der Waals surface area contributed by atoms with Gasteiger partial charge in [-0.25, -0.2) is 0 Å². The predicted molar refractivity (Wildman–Crippen MR) is 60.8 cm³/mol. The fraction of sp³-hybridized carbons (Fsp3) is 0.462. The molecule has 0 unspecified atom stereocenters. The van der Waals surface area contributed by atoms with Crippen molar-refractivity contribution in [1.82, 2.24) is 0 Å². The molecule has 0 saturated heterocycles. The van der Waals surface area contributed by atoms with Gasteiger partial charge in [0.05, 0.1) is 12.0 Å². The predicted octanol–water partition coefficient (Wildman–Crippen LogP) is 2.27. The van der Waals surface area contributed by atoms with Crippen molar-refractivity contribution in [2.45, 2.75) is 26.7 Å². The summed E-state index contributed by atoms with van der Waals surface area (Å²) in [6, 6.07) is 5.97. The zero-order chi connectivity index (χ0) is 11.8. The van der Waals surface area contributed by atoms with Crippen LogP contribution in [-0.4, -0.2) is 17.7 Å². The first-order valence-corrected chi connectivity index (χ1v) is 5.48. The van der Waals surface area contributed by atoms with Gasteiger partial charge in [0.15, 0.2) is 0 Å². The van der Waals surface area contributed by atoms with Gasteiger partial charge in [0.25, 0.3) is 0 Å². The highest BCUT2D eigenvalue weighted by atomic mass is 16.5. The van der Waals surface area contributed by atoms with Crippen LogP contribution in [0.25, 0.3) is 0 Å². The van der Waals surface area contributed by atoms with E-state index in [1.165, 1.54) is 5.56 Å². The third-order valence-corrected chi connectivity index (χ3v) is 3.01. The molecule has 86 valence electrons. The molecule has 0 aliphatic carbocycles. The van der Waals surface area contributed by atoms with Crippen LogP contribution < -0.4 is 4.74 Å².